The normalized spacial score (nSPS) is 17.4. The van der Waals surface area contributed by atoms with Gasteiger partial charge in [0.2, 0.25) is 0 Å². The molecule has 0 saturated carbocycles. The van der Waals surface area contributed by atoms with Crippen LogP contribution in [0.1, 0.15) is 30.9 Å². The number of anilines is 1. The van der Waals surface area contributed by atoms with Crippen molar-refractivity contribution in [2.45, 2.75) is 25.0 Å². The van der Waals surface area contributed by atoms with Gasteiger partial charge in [-0.05, 0) is 24.6 Å². The second-order valence-corrected chi connectivity index (χ2v) is 5.57. The fraction of sp³-hybridized carbons (Fsp3) is 0.357. The Labute approximate surface area is 117 Å². The Balaban J connectivity index is 2.06. The first-order chi connectivity index (χ1) is 9.26. The first-order valence-corrected chi connectivity index (χ1v) is 7.07. The van der Waals surface area contributed by atoms with Crippen LogP contribution in [-0.4, -0.2) is 17.0 Å². The van der Waals surface area contributed by atoms with Crippen LogP contribution in [0, 0.1) is 22.7 Å². The van der Waals surface area contributed by atoms with E-state index >= 15 is 0 Å². The summed E-state index contributed by atoms with van der Waals surface area (Å²) in [5.41, 5.74) is 1.60. The highest BCUT2D eigenvalue weighted by molar-refractivity contribution is 8.15. The highest BCUT2D eigenvalue weighted by atomic mass is 32.2. The fourth-order valence-corrected chi connectivity index (χ4v) is 3.04. The Morgan fingerprint density at radius 1 is 1.37 bits per heavy atom. The summed E-state index contributed by atoms with van der Waals surface area (Å²) >= 11 is 1.74. The number of nitriles is 2. The van der Waals surface area contributed by atoms with Crippen molar-refractivity contribution in [2.75, 3.05) is 11.9 Å². The molecule has 5 heteroatoms. The molecule has 1 unspecified atom stereocenters. The summed E-state index contributed by atoms with van der Waals surface area (Å²) in [7, 11) is 0. The van der Waals surface area contributed by atoms with Crippen molar-refractivity contribution in [3.8, 4) is 12.1 Å². The Morgan fingerprint density at radius 2 is 2.16 bits per heavy atom. The number of rotatable bonds is 3. The van der Waals surface area contributed by atoms with Crippen molar-refractivity contribution in [2.24, 2.45) is 4.99 Å². The molecular formula is C14H14N4S. The molecule has 19 heavy (non-hydrogen) atoms. The zero-order chi connectivity index (χ0) is 13.7. The molecule has 0 amide bonds. The van der Waals surface area contributed by atoms with Gasteiger partial charge in [0.05, 0.1) is 17.7 Å². The van der Waals surface area contributed by atoms with Crippen LogP contribution in [0.4, 0.5) is 5.69 Å². The summed E-state index contributed by atoms with van der Waals surface area (Å²) in [6.07, 6.45) is 2.33. The van der Waals surface area contributed by atoms with Gasteiger partial charge in [-0.1, -0.05) is 25.1 Å². The number of hydrogen-bond acceptors (Lipinski definition) is 5. The van der Waals surface area contributed by atoms with Crippen molar-refractivity contribution < 1.29 is 0 Å². The lowest BCUT2D eigenvalue weighted by atomic mass is 10.1. The second kappa shape index (κ2) is 6.26. The molecule has 1 aliphatic rings. The van der Waals surface area contributed by atoms with E-state index < -0.39 is 0 Å². The smallest absolute Gasteiger partial charge is 0.161 e. The van der Waals surface area contributed by atoms with E-state index in [1.165, 1.54) is 0 Å². The maximum atomic E-state index is 8.98. The summed E-state index contributed by atoms with van der Waals surface area (Å²) in [6, 6.07) is 9.18. The molecule has 0 bridgehead atoms. The highest BCUT2D eigenvalue weighted by Gasteiger charge is 2.18. The lowest BCUT2D eigenvalue weighted by Crippen LogP contribution is -2.07. The van der Waals surface area contributed by atoms with Crippen LogP contribution in [0.3, 0.4) is 0 Å². The Hall–Kier alpha value is -1.98. The van der Waals surface area contributed by atoms with Gasteiger partial charge >= 0.3 is 0 Å². The van der Waals surface area contributed by atoms with Crippen molar-refractivity contribution in [3.05, 3.63) is 29.3 Å². The predicted octanol–water partition coefficient (Wildman–Crippen LogP) is 3.11. The molecule has 96 valence electrons. The van der Waals surface area contributed by atoms with Gasteiger partial charge in [0.25, 0.3) is 0 Å². The molecule has 1 aromatic rings. The van der Waals surface area contributed by atoms with Gasteiger partial charge in [-0.3, -0.25) is 4.99 Å². The van der Waals surface area contributed by atoms with E-state index in [2.05, 4.69) is 17.2 Å². The van der Waals surface area contributed by atoms with Gasteiger partial charge in [0, 0.05) is 10.9 Å². The first-order valence-electron chi connectivity index (χ1n) is 6.19. The Bertz CT molecular complexity index is 580. The predicted molar refractivity (Wildman–Crippen MR) is 78.1 cm³/mol. The number of hydrogen-bond donors (Lipinski definition) is 1. The minimum absolute atomic E-state index is 0.390. The standard InChI is InChI=1S/C14H14N4S/c1-2-3-13-9-17-14(19-13)18-12-5-4-10(7-15)11(6-12)8-16/h4-6,13H,2-3,9H2,1H3,(H,17,18). The highest BCUT2D eigenvalue weighted by Crippen LogP contribution is 2.26. The van der Waals surface area contributed by atoms with E-state index in [0.29, 0.717) is 16.4 Å². The molecule has 0 aromatic heterocycles. The summed E-state index contributed by atoms with van der Waals surface area (Å²) < 4.78 is 0. The SMILES string of the molecule is CCCC1CN=C(Nc2ccc(C#N)c(C#N)c2)S1. The summed E-state index contributed by atoms with van der Waals surface area (Å²) in [5.74, 6) is 0. The topological polar surface area (TPSA) is 72.0 Å². The average molecular weight is 270 g/mol. The number of thioether (sulfide) groups is 1. The molecule has 4 nitrogen and oxygen atoms in total. The molecule has 1 atom stereocenters. The molecule has 1 aliphatic heterocycles. The molecule has 0 saturated heterocycles. The molecule has 0 aliphatic carbocycles. The third-order valence-corrected chi connectivity index (χ3v) is 4.01. The quantitative estimate of drug-likeness (QED) is 0.916. The number of benzene rings is 1. The Kier molecular flexibility index (Phi) is 4.43. The fourth-order valence-electron chi connectivity index (χ4n) is 1.89. The van der Waals surface area contributed by atoms with Gasteiger partial charge in [-0.15, -0.1) is 0 Å². The zero-order valence-electron chi connectivity index (χ0n) is 10.7. The second-order valence-electron chi connectivity index (χ2n) is 4.28. The summed E-state index contributed by atoms with van der Waals surface area (Å²) in [5, 5.41) is 22.5. The van der Waals surface area contributed by atoms with Crippen LogP contribution >= 0.6 is 11.8 Å². The third kappa shape index (κ3) is 3.27. The van der Waals surface area contributed by atoms with Crippen LogP contribution in [0.5, 0.6) is 0 Å². The first kappa shape index (κ1) is 13.5. The van der Waals surface area contributed by atoms with Crippen molar-refractivity contribution in [1.29, 1.82) is 10.5 Å². The summed E-state index contributed by atoms with van der Waals surface area (Å²) in [6.45, 7) is 3.02. The third-order valence-electron chi connectivity index (χ3n) is 2.84. The maximum absolute atomic E-state index is 8.98. The number of nitrogens with one attached hydrogen (secondary N) is 1. The Morgan fingerprint density at radius 3 is 2.84 bits per heavy atom. The van der Waals surface area contributed by atoms with Crippen molar-refractivity contribution in [3.63, 3.8) is 0 Å². The zero-order valence-corrected chi connectivity index (χ0v) is 11.5. The van der Waals surface area contributed by atoms with E-state index in [4.69, 9.17) is 10.5 Å². The van der Waals surface area contributed by atoms with Crippen LogP contribution in [0.15, 0.2) is 23.2 Å². The van der Waals surface area contributed by atoms with Crippen molar-refractivity contribution in [1.82, 2.24) is 0 Å². The minimum atomic E-state index is 0.390. The van der Waals surface area contributed by atoms with E-state index in [1.54, 1.807) is 30.0 Å². The van der Waals surface area contributed by atoms with Crippen LogP contribution in [-0.2, 0) is 0 Å². The monoisotopic (exact) mass is 270 g/mol. The van der Waals surface area contributed by atoms with E-state index in [1.807, 2.05) is 12.1 Å². The largest absolute Gasteiger partial charge is 0.335 e. The molecule has 1 aromatic carbocycles. The summed E-state index contributed by atoms with van der Waals surface area (Å²) in [4.78, 5) is 4.45. The maximum Gasteiger partial charge on any atom is 0.161 e. The molecule has 0 fully saturated rings. The van der Waals surface area contributed by atoms with Gasteiger partial charge < -0.3 is 5.32 Å². The van der Waals surface area contributed by atoms with E-state index in [0.717, 1.165) is 30.2 Å². The van der Waals surface area contributed by atoms with Crippen molar-refractivity contribution >= 4 is 22.6 Å². The van der Waals surface area contributed by atoms with Crippen LogP contribution in [0.2, 0.25) is 0 Å². The van der Waals surface area contributed by atoms with Crippen LogP contribution < -0.4 is 5.32 Å². The number of amidine groups is 1. The number of aliphatic imine (C=N–C) groups is 1. The van der Waals surface area contributed by atoms with E-state index in [9.17, 15) is 0 Å². The van der Waals surface area contributed by atoms with E-state index in [-0.39, 0.29) is 0 Å². The lowest BCUT2D eigenvalue weighted by Gasteiger charge is -2.08. The minimum Gasteiger partial charge on any atom is -0.335 e. The molecular weight excluding hydrogens is 256 g/mol. The van der Waals surface area contributed by atoms with Crippen LogP contribution in [0.25, 0.3) is 0 Å². The van der Waals surface area contributed by atoms with Gasteiger partial charge in [-0.2, -0.15) is 10.5 Å². The van der Waals surface area contributed by atoms with Gasteiger partial charge in [0.1, 0.15) is 12.1 Å². The molecule has 2 rings (SSSR count). The molecule has 1 heterocycles. The van der Waals surface area contributed by atoms with Gasteiger partial charge in [0.15, 0.2) is 5.17 Å². The molecule has 0 spiro atoms. The van der Waals surface area contributed by atoms with Gasteiger partial charge in [-0.25, -0.2) is 0 Å². The molecule has 0 radical (unpaired) electrons. The number of nitrogens with zero attached hydrogens (tertiary/aromatic N) is 3. The molecule has 1 N–H and O–H groups in total. The average Bonchev–Trinajstić information content (AvgIpc) is 2.86. The lowest BCUT2D eigenvalue weighted by molar-refractivity contribution is 0.754.